The number of benzene rings is 3. The summed E-state index contributed by atoms with van der Waals surface area (Å²) in [6, 6.07) is 16.7. The molecule has 0 aliphatic carbocycles. The third-order valence-corrected chi connectivity index (χ3v) is 7.20. The van der Waals surface area contributed by atoms with Gasteiger partial charge in [0.25, 0.3) is 0 Å². The van der Waals surface area contributed by atoms with Crippen molar-refractivity contribution in [2.45, 2.75) is 37.9 Å². The Hall–Kier alpha value is -3.73. The van der Waals surface area contributed by atoms with E-state index in [9.17, 15) is 26.6 Å². The van der Waals surface area contributed by atoms with Gasteiger partial charge in [0.2, 0.25) is 0 Å². The Balaban J connectivity index is 1.62. The molecule has 0 saturated heterocycles. The van der Waals surface area contributed by atoms with Gasteiger partial charge in [-0.15, -0.1) is 0 Å². The normalized spacial score (nSPS) is 14.2. The van der Waals surface area contributed by atoms with Crippen LogP contribution in [-0.2, 0) is 21.3 Å². The summed E-state index contributed by atoms with van der Waals surface area (Å²) in [5.74, 6) is -1.22. The molecule has 3 aromatic carbocycles. The van der Waals surface area contributed by atoms with E-state index >= 15 is 0 Å². The van der Waals surface area contributed by atoms with Crippen molar-refractivity contribution in [2.24, 2.45) is 0 Å². The Morgan fingerprint density at radius 3 is 2.39 bits per heavy atom. The number of carbonyl (C=O) groups excluding carboxylic acids is 1. The number of halogens is 4. The Labute approximate surface area is 219 Å². The third-order valence-electron chi connectivity index (χ3n) is 5.90. The minimum Gasteiger partial charge on any atom is -0.484 e. The summed E-state index contributed by atoms with van der Waals surface area (Å²) in [6.07, 6.45) is -4.41. The Bertz CT molecular complexity index is 1440. The predicted octanol–water partition coefficient (Wildman–Crippen LogP) is 5.62. The molecule has 4 aromatic rings. The number of carbonyl (C=O) groups is 1. The van der Waals surface area contributed by atoms with Crippen LogP contribution in [0.2, 0.25) is 0 Å². The summed E-state index contributed by atoms with van der Waals surface area (Å²) in [5, 5.41) is 7.01. The number of fused-ring (bicyclic) bond motifs is 1. The predicted molar refractivity (Wildman–Crippen MR) is 137 cm³/mol. The number of nitrogens with one attached hydrogen (secondary N) is 1. The van der Waals surface area contributed by atoms with Crippen molar-refractivity contribution in [1.29, 1.82) is 0 Å². The fourth-order valence-corrected chi connectivity index (χ4v) is 4.70. The molecule has 1 amide bonds. The first kappa shape index (κ1) is 27.3. The van der Waals surface area contributed by atoms with E-state index in [-0.39, 0.29) is 5.82 Å². The zero-order valence-corrected chi connectivity index (χ0v) is 21.4. The smallest absolute Gasteiger partial charge is 0.471 e. The molecule has 0 fully saturated rings. The molecule has 1 heterocycles. The van der Waals surface area contributed by atoms with Crippen molar-refractivity contribution < 1.29 is 31.3 Å². The van der Waals surface area contributed by atoms with Crippen LogP contribution in [0.3, 0.4) is 0 Å². The third kappa shape index (κ3) is 6.39. The summed E-state index contributed by atoms with van der Waals surface area (Å²) in [7, 11) is -1.02. The first-order valence-corrected chi connectivity index (χ1v) is 13.3. The minimum absolute atomic E-state index is 0.352. The molecule has 1 N–H and O–H groups in total. The van der Waals surface area contributed by atoms with E-state index in [1.54, 1.807) is 65.5 Å². The van der Waals surface area contributed by atoms with Gasteiger partial charge in [-0.2, -0.15) is 18.3 Å². The van der Waals surface area contributed by atoms with E-state index in [0.29, 0.717) is 39.4 Å². The lowest BCUT2D eigenvalue weighted by Gasteiger charge is -2.27. The van der Waals surface area contributed by atoms with Gasteiger partial charge >= 0.3 is 12.1 Å². The van der Waals surface area contributed by atoms with Crippen molar-refractivity contribution in [1.82, 2.24) is 15.1 Å². The number of alkyl halides is 3. The monoisotopic (exact) mass is 547 g/mol. The molecular weight excluding hydrogens is 522 g/mol. The van der Waals surface area contributed by atoms with Crippen molar-refractivity contribution in [2.75, 3.05) is 5.75 Å². The minimum atomic E-state index is -5.04. The van der Waals surface area contributed by atoms with Crippen LogP contribution in [0, 0.1) is 5.82 Å². The van der Waals surface area contributed by atoms with Crippen molar-refractivity contribution >= 4 is 27.6 Å². The average Bonchev–Trinajstić information content (AvgIpc) is 3.31. The van der Waals surface area contributed by atoms with Crippen LogP contribution >= 0.6 is 0 Å². The highest BCUT2D eigenvalue weighted by atomic mass is 32.2. The maximum absolute atomic E-state index is 13.3. The molecule has 6 nitrogen and oxygen atoms in total. The second-order valence-electron chi connectivity index (χ2n) is 8.67. The molecule has 0 bridgehead atoms. The zero-order valence-electron chi connectivity index (χ0n) is 20.5. The van der Waals surface area contributed by atoms with Crippen LogP contribution < -0.4 is 10.1 Å². The molecular formula is C27H25F4N3O3S. The first-order chi connectivity index (χ1) is 18.0. The van der Waals surface area contributed by atoms with Gasteiger partial charge in [-0.05, 0) is 60.5 Å². The topological polar surface area (TPSA) is 73.2 Å². The van der Waals surface area contributed by atoms with Crippen molar-refractivity contribution in [3.63, 3.8) is 0 Å². The molecule has 0 saturated carbocycles. The van der Waals surface area contributed by atoms with Gasteiger partial charge in [-0.25, -0.2) is 9.07 Å². The standard InChI is InChI=1S/C27H25F4N3O3S/c1-3-38(36)16-18-4-6-19(7-5-18)25(17(2)33-26(35)27(29,30)31)37-23-12-13-24-20(14-23)15-32-34(24)22-10-8-21(28)9-11-22/h4-15,17,25H,3,16H2,1-2H3,(H,33,35)/t17?,25-,38?/m0/s1. The molecule has 0 radical (unpaired) electrons. The highest BCUT2D eigenvalue weighted by molar-refractivity contribution is 7.84. The van der Waals surface area contributed by atoms with Crippen LogP contribution in [0.4, 0.5) is 17.6 Å². The number of hydrogen-bond acceptors (Lipinski definition) is 4. The molecule has 4 rings (SSSR count). The molecule has 1 aromatic heterocycles. The highest BCUT2D eigenvalue weighted by Gasteiger charge is 2.40. The van der Waals surface area contributed by atoms with Crippen LogP contribution in [-0.4, -0.2) is 37.9 Å². The van der Waals surface area contributed by atoms with Crippen LogP contribution in [0.15, 0.2) is 72.9 Å². The quantitative estimate of drug-likeness (QED) is 0.276. The van der Waals surface area contributed by atoms with Crippen LogP contribution in [0.5, 0.6) is 5.75 Å². The van der Waals surface area contributed by atoms with Gasteiger partial charge in [0.1, 0.15) is 17.7 Å². The lowest BCUT2D eigenvalue weighted by Crippen LogP contribution is -2.45. The fourth-order valence-electron chi connectivity index (χ4n) is 3.93. The van der Waals surface area contributed by atoms with Crippen LogP contribution in [0.25, 0.3) is 16.6 Å². The van der Waals surface area contributed by atoms with Gasteiger partial charge in [0.05, 0.1) is 23.4 Å². The highest BCUT2D eigenvalue weighted by Crippen LogP contribution is 2.30. The fraction of sp³-hybridized carbons (Fsp3) is 0.259. The number of nitrogens with zero attached hydrogens (tertiary/aromatic N) is 2. The van der Waals surface area contributed by atoms with E-state index in [4.69, 9.17) is 4.74 Å². The van der Waals surface area contributed by atoms with E-state index in [0.717, 1.165) is 5.56 Å². The molecule has 0 spiro atoms. The molecule has 11 heteroatoms. The number of rotatable bonds is 9. The van der Waals surface area contributed by atoms with Gasteiger partial charge in [0.15, 0.2) is 0 Å². The second kappa shape index (κ2) is 11.3. The SMILES string of the molecule is CCS(=O)Cc1ccc([C@@H](Oc2ccc3c(cnn3-c3ccc(F)cc3)c2)C(C)NC(=O)C(F)(F)F)cc1. The van der Waals surface area contributed by atoms with Gasteiger partial charge in [0, 0.05) is 27.7 Å². The number of amides is 1. The van der Waals surface area contributed by atoms with Gasteiger partial charge in [-0.3, -0.25) is 9.00 Å². The average molecular weight is 548 g/mol. The van der Waals surface area contributed by atoms with E-state index in [1.165, 1.54) is 19.1 Å². The lowest BCUT2D eigenvalue weighted by molar-refractivity contribution is -0.174. The van der Waals surface area contributed by atoms with E-state index in [2.05, 4.69) is 5.10 Å². The number of aromatic nitrogens is 2. The summed E-state index contributed by atoms with van der Waals surface area (Å²) in [6.45, 7) is 3.25. The van der Waals surface area contributed by atoms with E-state index in [1.807, 2.05) is 12.2 Å². The van der Waals surface area contributed by atoms with Crippen molar-refractivity contribution in [3.05, 3.63) is 89.9 Å². The first-order valence-electron chi connectivity index (χ1n) is 11.8. The number of ether oxygens (including phenoxy) is 1. The molecule has 0 aliphatic heterocycles. The summed E-state index contributed by atoms with van der Waals surface area (Å²) in [5.41, 5.74) is 2.72. The summed E-state index contributed by atoms with van der Waals surface area (Å²) >= 11 is 0. The maximum atomic E-state index is 13.3. The lowest BCUT2D eigenvalue weighted by atomic mass is 10.0. The Morgan fingerprint density at radius 2 is 1.76 bits per heavy atom. The van der Waals surface area contributed by atoms with Gasteiger partial charge < -0.3 is 10.1 Å². The maximum Gasteiger partial charge on any atom is 0.471 e. The molecule has 3 atom stereocenters. The molecule has 38 heavy (non-hydrogen) atoms. The zero-order chi connectivity index (χ0) is 27.4. The van der Waals surface area contributed by atoms with Crippen molar-refractivity contribution in [3.8, 4) is 11.4 Å². The molecule has 0 aliphatic rings. The van der Waals surface area contributed by atoms with Gasteiger partial charge in [-0.1, -0.05) is 31.2 Å². The molecule has 200 valence electrons. The Kier molecular flexibility index (Phi) is 8.15. The van der Waals surface area contributed by atoms with E-state index < -0.39 is 35.0 Å². The second-order valence-corrected chi connectivity index (χ2v) is 10.4. The number of hydrogen-bond donors (Lipinski definition) is 1. The van der Waals surface area contributed by atoms with Crippen LogP contribution in [0.1, 0.15) is 31.1 Å². The summed E-state index contributed by atoms with van der Waals surface area (Å²) < 4.78 is 71.8. The molecule has 2 unspecified atom stereocenters. The summed E-state index contributed by atoms with van der Waals surface area (Å²) in [4.78, 5) is 11.6. The largest absolute Gasteiger partial charge is 0.484 e. The Morgan fingerprint density at radius 1 is 1.08 bits per heavy atom.